The van der Waals surface area contributed by atoms with Gasteiger partial charge in [0.2, 0.25) is 5.91 Å². The van der Waals surface area contributed by atoms with Crippen molar-refractivity contribution in [3.8, 4) is 0 Å². The molecule has 426 valence electrons. The number of likely N-dealkylation sites (tertiary alicyclic amines) is 2. The molecule has 0 radical (unpaired) electrons. The van der Waals surface area contributed by atoms with Crippen molar-refractivity contribution < 1.29 is 27.1 Å². The zero-order valence-electron chi connectivity index (χ0n) is 48.1. The maximum Gasteiger partial charge on any atom is 0.217 e. The van der Waals surface area contributed by atoms with Crippen LogP contribution in [-0.2, 0) is 9.53 Å². The van der Waals surface area contributed by atoms with Gasteiger partial charge in [-0.25, -0.2) is 27.5 Å². The van der Waals surface area contributed by atoms with E-state index in [1.165, 1.54) is 63.3 Å². The molecule has 0 spiro atoms. The van der Waals surface area contributed by atoms with Crippen LogP contribution in [0.4, 0.5) is 23.2 Å². The molecule has 5 aromatic rings. The van der Waals surface area contributed by atoms with Gasteiger partial charge in [-0.2, -0.15) is 0 Å². The predicted molar refractivity (Wildman–Crippen MR) is 307 cm³/mol. The Morgan fingerprint density at radius 1 is 0.595 bits per heavy atom. The van der Waals surface area contributed by atoms with Crippen LogP contribution in [-0.4, -0.2) is 67.9 Å². The van der Waals surface area contributed by atoms with E-state index in [-0.39, 0.29) is 59.1 Å². The largest absolute Gasteiger partial charge is 0.483 e. The van der Waals surface area contributed by atoms with E-state index in [1.54, 1.807) is 19.2 Å². The summed E-state index contributed by atoms with van der Waals surface area (Å²) in [6, 6.07) is 7.49. The van der Waals surface area contributed by atoms with E-state index in [0.29, 0.717) is 69.6 Å². The number of imidazole rings is 2. The Hall–Kier alpha value is -5.99. The minimum atomic E-state index is -0.707. The Balaban J connectivity index is 0.999. The number of aromatic amines is 2. The van der Waals surface area contributed by atoms with Crippen LogP contribution in [0.2, 0.25) is 0 Å². The van der Waals surface area contributed by atoms with Crippen LogP contribution >= 0.6 is 0 Å². The van der Waals surface area contributed by atoms with Crippen molar-refractivity contribution in [1.82, 2.24) is 40.4 Å². The number of rotatable bonds is 17. The van der Waals surface area contributed by atoms with Gasteiger partial charge < -0.3 is 40.0 Å². The van der Waals surface area contributed by atoms with E-state index in [1.807, 2.05) is 24.8 Å². The third-order valence-electron chi connectivity index (χ3n) is 18.7. The summed E-state index contributed by atoms with van der Waals surface area (Å²) in [5.74, 6) is 1.30. The SMILES string of the molecule is C/C=C(/N[C@H](/C(=C/C)N1CCC[C@H]1c1nc2cc(F)c([C@H]3CC[C@H](c4cc5[nH]c([C@@H]6CCCN6/C(=C/C)[C@@H](NC(C)=O)C(C)C)nc5cc4F)N3c3cc(F)c(C4CCC(C5CCCCC5)CC4)c(F)c3)cc2[nH]1)C(C)C)OC. The number of fused-ring (bicyclic) bond motifs is 2. The number of anilines is 1. The summed E-state index contributed by atoms with van der Waals surface area (Å²) < 4.78 is 74.0. The molecule has 2 aromatic heterocycles. The summed E-state index contributed by atoms with van der Waals surface area (Å²) >= 11 is 0. The molecular formula is C64H85F4N9O2. The van der Waals surface area contributed by atoms with Gasteiger partial charge in [0, 0.05) is 65.9 Å². The summed E-state index contributed by atoms with van der Waals surface area (Å²) in [6.07, 6.45) is 20.3. The summed E-state index contributed by atoms with van der Waals surface area (Å²) in [4.78, 5) is 36.1. The van der Waals surface area contributed by atoms with Gasteiger partial charge in [0.1, 0.15) is 34.9 Å². The molecule has 0 bridgehead atoms. The Morgan fingerprint density at radius 3 is 1.52 bits per heavy atom. The monoisotopic (exact) mass is 1090 g/mol. The smallest absolute Gasteiger partial charge is 0.217 e. The fourth-order valence-corrected chi connectivity index (χ4v) is 14.9. The van der Waals surface area contributed by atoms with Crippen LogP contribution in [0.5, 0.6) is 0 Å². The second kappa shape index (κ2) is 24.0. The van der Waals surface area contributed by atoms with Crippen molar-refractivity contribution in [2.24, 2.45) is 23.7 Å². The van der Waals surface area contributed by atoms with Crippen molar-refractivity contribution in [2.75, 3.05) is 25.1 Å². The molecule has 4 N–H and O–H groups in total. The number of hydrogen-bond acceptors (Lipinski definition) is 8. The number of amides is 1. The summed E-state index contributed by atoms with van der Waals surface area (Å²) in [5.41, 5.74) is 5.46. The molecule has 0 unspecified atom stereocenters. The van der Waals surface area contributed by atoms with Crippen molar-refractivity contribution >= 4 is 33.7 Å². The Labute approximate surface area is 465 Å². The summed E-state index contributed by atoms with van der Waals surface area (Å²) in [7, 11) is 1.66. The molecule has 11 nitrogen and oxygen atoms in total. The van der Waals surface area contributed by atoms with E-state index in [9.17, 15) is 4.79 Å². The number of carbonyl (C=O) groups excluding carboxylic acids is 1. The molecule has 2 saturated carbocycles. The van der Waals surface area contributed by atoms with E-state index in [0.717, 1.165) is 81.7 Å². The molecule has 2 aliphatic carbocycles. The molecule has 79 heavy (non-hydrogen) atoms. The quantitative estimate of drug-likeness (QED) is 0.0537. The highest BCUT2D eigenvalue weighted by atomic mass is 19.1. The normalized spacial score (nSPS) is 24.7. The number of nitrogens with zero attached hydrogens (tertiary/aromatic N) is 5. The maximum absolute atomic E-state index is 17.2. The first kappa shape index (κ1) is 56.3. The minimum absolute atomic E-state index is 0.0359. The number of hydrogen-bond donors (Lipinski definition) is 4. The number of carbonyl (C=O) groups is 1. The molecule has 3 aliphatic heterocycles. The number of H-pyrrole nitrogens is 2. The highest BCUT2D eigenvalue weighted by Gasteiger charge is 2.42. The van der Waals surface area contributed by atoms with E-state index >= 15 is 17.6 Å². The Morgan fingerprint density at radius 2 is 1.08 bits per heavy atom. The molecule has 3 aromatic carbocycles. The van der Waals surface area contributed by atoms with Crippen molar-refractivity contribution in [3.05, 3.63) is 124 Å². The Bertz CT molecular complexity index is 3050. The van der Waals surface area contributed by atoms with Crippen LogP contribution in [0.1, 0.15) is 210 Å². The fraction of sp³-hybridized carbons (Fsp3) is 0.578. The standard InChI is InChI=1S/C64H85F4N9O2/c1-10-53(61(36(4)5)69-38(8)78)75-28-16-20-57(75)63-70-49-32-43(45(65)34-51(49)72-63)55-26-27-56(77(55)42-30-47(67)60(48(68)31-42)41-24-22-40(23-25-41)39-18-14-13-15-19-39)44-33-50-52(35-46(44)66)73-64(71-50)58-21-17-29-76(58)54(11-2)62(37(6)7)74-59(12-3)79-9/h10-12,30-37,39-41,55-58,61-62,74H,13-29H2,1-9H3,(H,69,78)(H,70,72)(H,71,73)/b53-10+,54-11-,59-12-/t40?,41?,55-,56-,57+,58+,61+,62+/m1/s1. The van der Waals surface area contributed by atoms with Gasteiger partial charge in [-0.1, -0.05) is 72.0 Å². The third kappa shape index (κ3) is 11.3. The predicted octanol–water partition coefficient (Wildman–Crippen LogP) is 15.3. The third-order valence-corrected chi connectivity index (χ3v) is 18.7. The first-order valence-corrected chi connectivity index (χ1v) is 29.9. The van der Waals surface area contributed by atoms with E-state index in [2.05, 4.69) is 77.2 Å². The first-order valence-electron chi connectivity index (χ1n) is 29.9. The zero-order valence-corrected chi connectivity index (χ0v) is 48.1. The topological polar surface area (TPSA) is 117 Å². The number of halogens is 4. The van der Waals surface area contributed by atoms with Crippen LogP contribution in [0.25, 0.3) is 22.1 Å². The highest BCUT2D eigenvalue weighted by Crippen LogP contribution is 2.51. The van der Waals surface area contributed by atoms with Crippen LogP contribution in [0.3, 0.4) is 0 Å². The lowest BCUT2D eigenvalue weighted by Crippen LogP contribution is -2.44. The number of benzene rings is 3. The average Bonchev–Trinajstić information content (AvgIpc) is 4.39. The van der Waals surface area contributed by atoms with E-state index < -0.39 is 35.4 Å². The summed E-state index contributed by atoms with van der Waals surface area (Å²) in [5, 5.41) is 6.75. The molecule has 3 saturated heterocycles. The van der Waals surface area contributed by atoms with Gasteiger partial charge in [-0.3, -0.25) is 4.79 Å². The molecule has 5 fully saturated rings. The lowest BCUT2D eigenvalue weighted by atomic mass is 9.70. The molecule has 5 heterocycles. The van der Waals surface area contributed by atoms with Gasteiger partial charge in [0.15, 0.2) is 5.88 Å². The maximum atomic E-state index is 17.2. The molecule has 15 heteroatoms. The number of aromatic nitrogens is 4. The second-order valence-corrected chi connectivity index (χ2v) is 24.2. The summed E-state index contributed by atoms with van der Waals surface area (Å²) in [6.45, 7) is 17.7. The van der Waals surface area contributed by atoms with E-state index in [4.69, 9.17) is 14.7 Å². The van der Waals surface area contributed by atoms with Crippen LogP contribution < -0.4 is 15.5 Å². The average molecular weight is 1090 g/mol. The zero-order chi connectivity index (χ0) is 55.8. The van der Waals surface area contributed by atoms with Crippen molar-refractivity contribution in [2.45, 2.75) is 194 Å². The van der Waals surface area contributed by atoms with Gasteiger partial charge in [-0.15, -0.1) is 0 Å². The fourth-order valence-electron chi connectivity index (χ4n) is 14.9. The van der Waals surface area contributed by atoms with Gasteiger partial charge >= 0.3 is 0 Å². The molecule has 5 aliphatic rings. The van der Waals surface area contributed by atoms with Gasteiger partial charge in [0.05, 0.1) is 65.4 Å². The lowest BCUT2D eigenvalue weighted by molar-refractivity contribution is -0.119. The Kier molecular flexibility index (Phi) is 17.1. The number of methoxy groups -OCH3 is 1. The molecule has 6 atom stereocenters. The first-order chi connectivity index (χ1) is 38.1. The van der Waals surface area contributed by atoms with Gasteiger partial charge in [0.25, 0.3) is 0 Å². The highest BCUT2D eigenvalue weighted by molar-refractivity contribution is 5.78. The number of nitrogens with one attached hydrogen (secondary N) is 4. The molecule has 10 rings (SSSR count). The molecular weight excluding hydrogens is 1000 g/mol. The number of ether oxygens (including phenoxy) is 1. The van der Waals surface area contributed by atoms with Crippen LogP contribution in [0.15, 0.2) is 71.9 Å². The minimum Gasteiger partial charge on any atom is -0.483 e. The van der Waals surface area contributed by atoms with Gasteiger partial charge in [-0.05, 0) is 145 Å². The van der Waals surface area contributed by atoms with Crippen LogP contribution in [0, 0.1) is 46.9 Å². The second-order valence-electron chi connectivity index (χ2n) is 24.2. The molecule has 1 amide bonds. The van der Waals surface area contributed by atoms with Crippen molar-refractivity contribution in [1.29, 1.82) is 0 Å². The number of allylic oxidation sites excluding steroid dienone is 3. The van der Waals surface area contributed by atoms with Crippen molar-refractivity contribution in [3.63, 3.8) is 0 Å². The lowest BCUT2D eigenvalue weighted by Gasteiger charge is -2.37.